The lowest BCUT2D eigenvalue weighted by Crippen LogP contribution is -2.60. The molecular formula is C62H61Cl5F4N8O10. The topological polar surface area (TPSA) is 278 Å². The van der Waals surface area contributed by atoms with Gasteiger partial charge >= 0.3 is 5.97 Å². The number of carboxylic acid groups (broad SMARTS) is 1. The molecule has 2 saturated heterocycles. The van der Waals surface area contributed by atoms with Crippen molar-refractivity contribution >= 4 is 135 Å². The molecule has 0 spiro atoms. The van der Waals surface area contributed by atoms with Crippen molar-refractivity contribution in [3.8, 4) is 6.07 Å². The van der Waals surface area contributed by atoms with Gasteiger partial charge in [-0.05, 0) is 155 Å². The zero-order chi connectivity index (χ0) is 65.3. The van der Waals surface area contributed by atoms with Crippen LogP contribution in [0.15, 0.2) is 97.1 Å². The van der Waals surface area contributed by atoms with E-state index in [9.17, 15) is 66.0 Å². The summed E-state index contributed by atoms with van der Waals surface area (Å²) in [6.45, 7) is 0.991. The van der Waals surface area contributed by atoms with Crippen molar-refractivity contribution in [2.75, 3.05) is 13.1 Å². The number of ketones is 2. The van der Waals surface area contributed by atoms with Gasteiger partial charge in [0.2, 0.25) is 23.0 Å². The normalized spacial score (nSPS) is 18.9. The molecule has 2 aliphatic heterocycles. The van der Waals surface area contributed by atoms with Gasteiger partial charge in [-0.25, -0.2) is 33.2 Å². The lowest BCUT2D eigenvalue weighted by Gasteiger charge is -2.35. The number of nitrogens with one attached hydrogen (secondary N) is 4. The van der Waals surface area contributed by atoms with Gasteiger partial charge in [0.25, 0.3) is 11.8 Å². The maximum Gasteiger partial charge on any atom is 0.328 e. The number of benzene rings is 4. The Morgan fingerprint density at radius 2 is 0.955 bits per heavy atom. The summed E-state index contributed by atoms with van der Waals surface area (Å²) in [5.41, 5.74) is 12.1. The zero-order valence-electron chi connectivity index (χ0n) is 47.4. The number of carbonyl (C=O) groups is 9. The van der Waals surface area contributed by atoms with Crippen LogP contribution in [0, 0.1) is 46.4 Å². The third-order valence-electron chi connectivity index (χ3n) is 14.1. The molecule has 8 rings (SSSR count). The predicted molar refractivity (Wildman–Crippen MR) is 329 cm³/mol. The SMILES string of the molecule is N#C[C@H](C[C@@H]1CCCC1=O)NC(=O)[C@@H]1CCCNN1C(=O)/C=C/c1ccc(Cl)cc1F.NC(=O)[C@H](C[C@@H]1CCCC1=O)NC(=O)[C@@H]1CCCNN1C(=O)/C=C/c1ccc(Cl)cc1F.O=C(Cl)/C=C/c1ccc(Cl)cc1F.O=C(O)/C=C/c1ccc(Cl)cc1F. The van der Waals surface area contributed by atoms with E-state index in [0.717, 1.165) is 55.7 Å². The summed E-state index contributed by atoms with van der Waals surface area (Å²) in [5.74, 6) is -6.34. The monoisotopic (exact) mass is 1330 g/mol. The number of hydrazine groups is 2. The number of primary amides is 1. The second-order valence-corrected chi connectivity index (χ2v) is 22.5. The Morgan fingerprint density at radius 1 is 0.584 bits per heavy atom. The van der Waals surface area contributed by atoms with E-state index in [1.165, 1.54) is 95.0 Å². The van der Waals surface area contributed by atoms with Crippen LogP contribution in [-0.4, -0.2) is 105 Å². The number of aliphatic carboxylic acids is 1. The van der Waals surface area contributed by atoms with Crippen LogP contribution in [0.2, 0.25) is 20.1 Å². The van der Waals surface area contributed by atoms with Crippen molar-refractivity contribution < 1.29 is 65.8 Å². The van der Waals surface area contributed by atoms with Crippen molar-refractivity contribution in [3.63, 3.8) is 0 Å². The van der Waals surface area contributed by atoms with Crippen LogP contribution >= 0.6 is 58.0 Å². The van der Waals surface area contributed by atoms with Crippen LogP contribution in [0.5, 0.6) is 0 Å². The van der Waals surface area contributed by atoms with Gasteiger partial charge < -0.3 is 21.5 Å². The molecule has 7 N–H and O–H groups in total. The molecule has 2 saturated carbocycles. The Morgan fingerprint density at radius 3 is 1.29 bits per heavy atom. The third kappa shape index (κ3) is 23.6. The van der Waals surface area contributed by atoms with Crippen LogP contribution in [0.4, 0.5) is 17.6 Å². The fourth-order valence-electron chi connectivity index (χ4n) is 9.54. The molecule has 4 aliphatic rings. The number of nitrogens with two attached hydrogens (primary N) is 1. The third-order valence-corrected chi connectivity index (χ3v) is 15.1. The highest BCUT2D eigenvalue weighted by Crippen LogP contribution is 2.28. The second kappa shape index (κ2) is 36.0. The van der Waals surface area contributed by atoms with E-state index in [1.54, 1.807) is 0 Å². The number of rotatable bonds is 17. The molecule has 18 nitrogen and oxygen atoms in total. The first-order valence-electron chi connectivity index (χ1n) is 27.8. The van der Waals surface area contributed by atoms with E-state index >= 15 is 0 Å². The van der Waals surface area contributed by atoms with Crippen LogP contribution in [0.1, 0.15) is 99.3 Å². The number of carboxylic acids is 1. The van der Waals surface area contributed by atoms with Crippen molar-refractivity contribution in [2.24, 2.45) is 17.6 Å². The van der Waals surface area contributed by atoms with Gasteiger partial charge in [-0.1, -0.05) is 70.7 Å². The Kier molecular flexibility index (Phi) is 29.2. The Balaban J connectivity index is 0.000000234. The molecule has 4 aromatic rings. The minimum atomic E-state index is -1.12. The summed E-state index contributed by atoms with van der Waals surface area (Å²) < 4.78 is 53.9. The predicted octanol–water partition coefficient (Wildman–Crippen LogP) is 10.3. The Bertz CT molecular complexity index is 3370. The van der Waals surface area contributed by atoms with Gasteiger partial charge in [0.15, 0.2) is 0 Å². The molecule has 2 heterocycles. The summed E-state index contributed by atoms with van der Waals surface area (Å²) in [4.78, 5) is 107. The standard InChI is InChI=1S/C22H26ClFN4O4.C22H24ClFN4O3.C9H5Cl2FO.C9H6ClFO2/c23-15-8-6-13(16(24)12-15)7-9-20(30)28-18(4-2-10-26-28)22(32)27-17(21(25)31)11-14-3-1-5-19(14)29;23-16-8-6-14(18(24)12-16)7-9-21(30)28-19(4-2-10-26-28)22(31)27-17(13-25)11-15-3-1-5-20(15)29;10-7-3-1-6(8(12)5-7)2-4-9(11)13;10-7-3-1-6(8(11)5-7)2-4-9(12)13/h6-9,12,14,17-18,26H,1-5,10-11H2,(H2,25,31)(H,27,32);6-9,12,15,17,19,26H,1-5,10-11H2,(H,27,31);1-5H;1-5H,(H,12,13)/b2*9-7+;2*4-2+/t14-,17-,18-;15-,17-,19-;;/m00../s1. The van der Waals surface area contributed by atoms with E-state index in [2.05, 4.69) is 21.5 Å². The van der Waals surface area contributed by atoms with Gasteiger partial charge in [0, 0.05) is 98.3 Å². The number of nitriles is 1. The molecule has 6 atom stereocenters. The minimum Gasteiger partial charge on any atom is -0.478 e. The summed E-state index contributed by atoms with van der Waals surface area (Å²) in [6, 6.07) is 15.0. The molecular weight excluding hydrogens is 1270 g/mol. The molecule has 0 unspecified atom stereocenters. The molecule has 4 aromatic carbocycles. The lowest BCUT2D eigenvalue weighted by molar-refractivity contribution is -0.143. The Hall–Kier alpha value is -7.75. The highest BCUT2D eigenvalue weighted by atomic mass is 35.5. The highest BCUT2D eigenvalue weighted by Gasteiger charge is 2.37. The number of hydrogen-bond acceptors (Lipinski definition) is 12. The maximum absolute atomic E-state index is 14.0. The molecule has 4 fully saturated rings. The first-order valence-corrected chi connectivity index (χ1v) is 29.7. The molecule has 472 valence electrons. The van der Waals surface area contributed by atoms with Crippen LogP contribution in [-0.2, 0) is 43.2 Å². The number of Topliss-reactive ketones (excluding diaryl/α,β-unsaturated/α-hetero) is 2. The van der Waals surface area contributed by atoms with Gasteiger partial charge in [0.05, 0.1) is 6.07 Å². The number of halogens is 9. The van der Waals surface area contributed by atoms with Gasteiger partial charge in [-0.15, -0.1) is 0 Å². The number of nitrogens with zero attached hydrogens (tertiary/aromatic N) is 3. The molecule has 2 aliphatic carbocycles. The van der Waals surface area contributed by atoms with Crippen LogP contribution in [0.25, 0.3) is 24.3 Å². The highest BCUT2D eigenvalue weighted by molar-refractivity contribution is 6.66. The first-order chi connectivity index (χ1) is 42.3. The molecule has 0 aromatic heterocycles. The van der Waals surface area contributed by atoms with E-state index in [4.69, 9.17) is 68.8 Å². The molecule has 27 heteroatoms. The molecule has 0 bridgehead atoms. The average Bonchev–Trinajstić information content (AvgIpc) is 4.17. The lowest BCUT2D eigenvalue weighted by atomic mass is 9.96. The first kappa shape index (κ1) is 72.0. The molecule has 0 radical (unpaired) electrons. The van der Waals surface area contributed by atoms with Crippen molar-refractivity contribution in [1.82, 2.24) is 31.5 Å². The Labute approximate surface area is 535 Å². The fraction of sp³-hybridized carbons (Fsp3) is 0.323. The average molecular weight is 1330 g/mol. The molecule has 5 amide bonds. The van der Waals surface area contributed by atoms with E-state index in [0.29, 0.717) is 63.1 Å². The van der Waals surface area contributed by atoms with E-state index in [-0.39, 0.29) is 73.6 Å². The quantitative estimate of drug-likeness (QED) is 0.0326. The smallest absolute Gasteiger partial charge is 0.328 e. The number of hydrogen-bond donors (Lipinski definition) is 6. The fourth-order valence-corrected chi connectivity index (χ4v) is 10.2. The summed E-state index contributed by atoms with van der Waals surface area (Å²) in [7, 11) is 0. The second-order valence-electron chi connectivity index (χ2n) is 20.4. The van der Waals surface area contributed by atoms with Gasteiger partial charge in [-0.3, -0.25) is 48.4 Å². The summed E-state index contributed by atoms with van der Waals surface area (Å²) in [5, 5.41) is 25.8. The van der Waals surface area contributed by atoms with Gasteiger partial charge in [0.1, 0.15) is 59.0 Å². The maximum atomic E-state index is 14.0. The van der Waals surface area contributed by atoms with E-state index in [1.807, 2.05) is 6.07 Å². The number of carbonyl (C=O) groups excluding carboxylic acids is 8. The van der Waals surface area contributed by atoms with Gasteiger partial charge in [-0.2, -0.15) is 5.26 Å². The minimum absolute atomic E-state index is 0.0706. The number of amides is 5. The van der Waals surface area contributed by atoms with Crippen molar-refractivity contribution in [2.45, 2.75) is 101 Å². The van der Waals surface area contributed by atoms with Crippen molar-refractivity contribution in [3.05, 3.63) is 163 Å². The van der Waals surface area contributed by atoms with Crippen LogP contribution in [0.3, 0.4) is 0 Å². The van der Waals surface area contributed by atoms with Crippen molar-refractivity contribution in [1.29, 1.82) is 5.26 Å². The van der Waals surface area contributed by atoms with Crippen LogP contribution < -0.4 is 27.2 Å². The largest absolute Gasteiger partial charge is 0.478 e. The number of allylic oxidation sites excluding steroid dienone is 1. The summed E-state index contributed by atoms with van der Waals surface area (Å²) >= 11 is 27.5. The summed E-state index contributed by atoms with van der Waals surface area (Å²) in [6.07, 6.45) is 15.9. The molecule has 89 heavy (non-hydrogen) atoms. The zero-order valence-corrected chi connectivity index (χ0v) is 51.1. The van der Waals surface area contributed by atoms with E-state index < -0.39 is 88.2 Å².